The number of aliphatic hydroxyl groups is 1. The predicted molar refractivity (Wildman–Crippen MR) is 144 cm³/mol. The summed E-state index contributed by atoms with van der Waals surface area (Å²) in [7, 11) is 0. The van der Waals surface area contributed by atoms with E-state index in [2.05, 4.69) is 15.9 Å². The zero-order valence-corrected chi connectivity index (χ0v) is 22.3. The van der Waals surface area contributed by atoms with Crippen LogP contribution >= 0.6 is 15.9 Å². The molecule has 1 fully saturated rings. The van der Waals surface area contributed by atoms with Crippen molar-refractivity contribution in [2.45, 2.75) is 33.7 Å². The van der Waals surface area contributed by atoms with E-state index in [9.17, 15) is 14.7 Å². The summed E-state index contributed by atoms with van der Waals surface area (Å²) in [6, 6.07) is 17.2. The SMILES string of the molecule is CCOc1ccc(N2C(=O)C(=O)/C(=C(/O)c3ccc(Br)c(C)c3)C2c2cccc(C)c2)cc1OCC. The van der Waals surface area contributed by atoms with Crippen LogP contribution in [-0.2, 0) is 9.59 Å². The van der Waals surface area contributed by atoms with Gasteiger partial charge >= 0.3 is 0 Å². The predicted octanol–water partition coefficient (Wildman–Crippen LogP) is 6.49. The van der Waals surface area contributed by atoms with Crippen LogP contribution < -0.4 is 14.4 Å². The topological polar surface area (TPSA) is 76.1 Å². The average molecular weight is 550 g/mol. The molecule has 1 aliphatic heterocycles. The maximum absolute atomic E-state index is 13.5. The Morgan fingerprint density at radius 2 is 1.67 bits per heavy atom. The summed E-state index contributed by atoms with van der Waals surface area (Å²) in [6.45, 7) is 8.45. The molecule has 0 aromatic heterocycles. The molecule has 0 saturated carbocycles. The van der Waals surface area contributed by atoms with Gasteiger partial charge in [-0.05, 0) is 63.1 Å². The number of aliphatic hydroxyl groups excluding tert-OH is 1. The first-order chi connectivity index (χ1) is 17.3. The number of ether oxygens (including phenoxy) is 2. The minimum Gasteiger partial charge on any atom is -0.507 e. The van der Waals surface area contributed by atoms with Gasteiger partial charge in [-0.15, -0.1) is 0 Å². The minimum atomic E-state index is -0.818. The molecule has 1 aliphatic rings. The third kappa shape index (κ3) is 4.75. The van der Waals surface area contributed by atoms with Gasteiger partial charge in [0, 0.05) is 21.8 Å². The summed E-state index contributed by atoms with van der Waals surface area (Å²) >= 11 is 3.47. The van der Waals surface area contributed by atoms with Crippen molar-refractivity contribution in [3.05, 3.63) is 93.0 Å². The lowest BCUT2D eigenvalue weighted by Gasteiger charge is -2.26. The maximum Gasteiger partial charge on any atom is 0.300 e. The number of nitrogens with zero attached hydrogens (tertiary/aromatic N) is 1. The van der Waals surface area contributed by atoms with Crippen LogP contribution in [0.15, 0.2) is 70.7 Å². The van der Waals surface area contributed by atoms with Gasteiger partial charge < -0.3 is 14.6 Å². The fraction of sp³-hybridized carbons (Fsp3) is 0.241. The highest BCUT2D eigenvalue weighted by atomic mass is 79.9. The fourth-order valence-electron chi connectivity index (χ4n) is 4.39. The van der Waals surface area contributed by atoms with E-state index in [0.29, 0.717) is 36.0 Å². The first kappa shape index (κ1) is 25.5. The molecular formula is C29H28BrNO5. The molecule has 1 unspecified atom stereocenters. The molecule has 0 spiro atoms. The van der Waals surface area contributed by atoms with Crippen molar-refractivity contribution in [3.8, 4) is 11.5 Å². The molecule has 7 heteroatoms. The van der Waals surface area contributed by atoms with Gasteiger partial charge in [-0.3, -0.25) is 14.5 Å². The summed E-state index contributed by atoms with van der Waals surface area (Å²) in [5, 5.41) is 11.4. The molecule has 0 aliphatic carbocycles. The number of hydrogen-bond donors (Lipinski definition) is 1. The van der Waals surface area contributed by atoms with Crippen LogP contribution in [0.1, 0.15) is 42.1 Å². The van der Waals surface area contributed by atoms with E-state index < -0.39 is 17.7 Å². The van der Waals surface area contributed by atoms with Crippen molar-refractivity contribution in [1.82, 2.24) is 0 Å². The van der Waals surface area contributed by atoms with Crippen LogP contribution in [0, 0.1) is 13.8 Å². The molecule has 36 heavy (non-hydrogen) atoms. The molecule has 1 N–H and O–H groups in total. The quantitative estimate of drug-likeness (QED) is 0.207. The maximum atomic E-state index is 13.5. The number of halogens is 1. The molecule has 1 amide bonds. The summed E-state index contributed by atoms with van der Waals surface area (Å²) in [6.07, 6.45) is 0. The molecule has 3 aromatic rings. The van der Waals surface area contributed by atoms with Gasteiger partial charge in [0.05, 0.1) is 24.8 Å². The minimum absolute atomic E-state index is 0.0409. The number of anilines is 1. The normalized spacial score (nSPS) is 16.9. The van der Waals surface area contributed by atoms with Gasteiger partial charge in [0.25, 0.3) is 11.7 Å². The van der Waals surface area contributed by atoms with Gasteiger partial charge in [0.15, 0.2) is 11.5 Å². The molecular weight excluding hydrogens is 522 g/mol. The second kappa shape index (κ2) is 10.6. The Balaban J connectivity index is 1.93. The molecule has 1 heterocycles. The second-order valence-electron chi connectivity index (χ2n) is 8.54. The van der Waals surface area contributed by atoms with E-state index in [1.54, 1.807) is 30.3 Å². The Kier molecular flexibility index (Phi) is 7.50. The van der Waals surface area contributed by atoms with Crippen LogP contribution in [0.4, 0.5) is 5.69 Å². The molecule has 1 atom stereocenters. The van der Waals surface area contributed by atoms with Gasteiger partial charge in [-0.2, -0.15) is 0 Å². The number of carbonyl (C=O) groups is 2. The number of aryl methyl sites for hydroxylation is 2. The van der Waals surface area contributed by atoms with Crippen LogP contribution in [0.25, 0.3) is 5.76 Å². The van der Waals surface area contributed by atoms with Crippen LogP contribution in [0.3, 0.4) is 0 Å². The Hall–Kier alpha value is -3.58. The number of benzene rings is 3. The number of hydrogen-bond acceptors (Lipinski definition) is 5. The van der Waals surface area contributed by atoms with E-state index in [1.165, 1.54) is 4.90 Å². The molecule has 186 valence electrons. The highest BCUT2D eigenvalue weighted by molar-refractivity contribution is 9.10. The number of carbonyl (C=O) groups excluding carboxylic acids is 2. The van der Waals surface area contributed by atoms with E-state index in [0.717, 1.165) is 21.2 Å². The Bertz CT molecular complexity index is 1360. The van der Waals surface area contributed by atoms with Crippen LogP contribution in [0.2, 0.25) is 0 Å². The van der Waals surface area contributed by atoms with Crippen LogP contribution in [0.5, 0.6) is 11.5 Å². The standard InChI is InChI=1S/C29H28BrNO5/c1-5-35-23-13-11-21(16-24(23)36-6-2)31-26(19-9-7-8-17(3)14-19)25(28(33)29(31)34)27(32)20-10-12-22(30)18(4)15-20/h7-16,26,32H,5-6H2,1-4H3/b27-25+. The lowest BCUT2D eigenvalue weighted by atomic mass is 9.94. The van der Waals surface area contributed by atoms with Crippen molar-refractivity contribution in [2.75, 3.05) is 18.1 Å². The fourth-order valence-corrected chi connectivity index (χ4v) is 4.64. The molecule has 3 aromatic carbocycles. The summed E-state index contributed by atoms with van der Waals surface area (Å²) in [5.74, 6) is -0.647. The van der Waals surface area contributed by atoms with Gasteiger partial charge in [0.2, 0.25) is 0 Å². The first-order valence-corrected chi connectivity index (χ1v) is 12.6. The molecule has 4 rings (SSSR count). The highest BCUT2D eigenvalue weighted by Gasteiger charge is 2.47. The van der Waals surface area contributed by atoms with E-state index in [4.69, 9.17) is 9.47 Å². The number of ketones is 1. The monoisotopic (exact) mass is 549 g/mol. The lowest BCUT2D eigenvalue weighted by molar-refractivity contribution is -0.132. The van der Waals surface area contributed by atoms with Crippen molar-refractivity contribution < 1.29 is 24.2 Å². The first-order valence-electron chi connectivity index (χ1n) is 11.8. The Morgan fingerprint density at radius 3 is 2.33 bits per heavy atom. The zero-order chi connectivity index (χ0) is 26.0. The van der Waals surface area contributed by atoms with Gasteiger partial charge in [0.1, 0.15) is 5.76 Å². The summed E-state index contributed by atoms with van der Waals surface area (Å²) in [4.78, 5) is 28.3. The van der Waals surface area contributed by atoms with Gasteiger partial charge in [-0.25, -0.2) is 0 Å². The molecule has 0 bridgehead atoms. The van der Waals surface area contributed by atoms with Crippen LogP contribution in [-0.4, -0.2) is 30.0 Å². The second-order valence-corrected chi connectivity index (χ2v) is 9.40. The molecule has 1 saturated heterocycles. The van der Waals surface area contributed by atoms with Crippen molar-refractivity contribution in [1.29, 1.82) is 0 Å². The highest BCUT2D eigenvalue weighted by Crippen LogP contribution is 2.44. The summed E-state index contributed by atoms with van der Waals surface area (Å²) in [5.41, 5.74) is 3.57. The van der Waals surface area contributed by atoms with E-state index in [-0.39, 0.29) is 11.3 Å². The molecule has 6 nitrogen and oxygen atoms in total. The zero-order valence-electron chi connectivity index (χ0n) is 20.7. The van der Waals surface area contributed by atoms with Crippen molar-refractivity contribution >= 4 is 39.1 Å². The Morgan fingerprint density at radius 1 is 0.944 bits per heavy atom. The Labute approximate surface area is 219 Å². The largest absolute Gasteiger partial charge is 0.507 e. The third-order valence-electron chi connectivity index (χ3n) is 6.04. The molecule has 0 radical (unpaired) electrons. The van der Waals surface area contributed by atoms with E-state index in [1.807, 2.05) is 58.0 Å². The number of rotatable bonds is 7. The van der Waals surface area contributed by atoms with E-state index >= 15 is 0 Å². The number of Topliss-reactive ketones (excluding diaryl/α,β-unsaturated/α-hetero) is 1. The van der Waals surface area contributed by atoms with Crippen molar-refractivity contribution in [3.63, 3.8) is 0 Å². The average Bonchev–Trinajstić information content (AvgIpc) is 3.12. The van der Waals surface area contributed by atoms with Gasteiger partial charge in [-0.1, -0.05) is 51.8 Å². The summed E-state index contributed by atoms with van der Waals surface area (Å²) < 4.78 is 12.3. The third-order valence-corrected chi connectivity index (χ3v) is 6.93. The number of amides is 1. The smallest absolute Gasteiger partial charge is 0.300 e. The lowest BCUT2D eigenvalue weighted by Crippen LogP contribution is -2.29. The van der Waals surface area contributed by atoms with Crippen molar-refractivity contribution in [2.24, 2.45) is 0 Å².